The van der Waals surface area contributed by atoms with E-state index in [4.69, 9.17) is 27.9 Å². The Bertz CT molecular complexity index is 1170. The van der Waals surface area contributed by atoms with Crippen molar-refractivity contribution in [1.29, 1.82) is 0 Å². The number of nitrogens with one attached hydrogen (secondary N) is 2. The van der Waals surface area contributed by atoms with E-state index in [0.29, 0.717) is 18.0 Å². The van der Waals surface area contributed by atoms with Crippen LogP contribution < -0.4 is 14.8 Å². The number of sulfonamides is 1. The van der Waals surface area contributed by atoms with E-state index in [1.807, 2.05) is 6.92 Å². The molecule has 11 heteroatoms. The van der Waals surface area contributed by atoms with Gasteiger partial charge in [0, 0.05) is 23.6 Å². The van der Waals surface area contributed by atoms with Crippen molar-refractivity contribution in [3.8, 4) is 5.75 Å². The molecule has 1 amide bonds. The molecular weight excluding hydrogens is 475 g/mol. The Kier molecular flexibility index (Phi) is 7.89. The average molecular weight is 495 g/mol. The van der Waals surface area contributed by atoms with Crippen molar-refractivity contribution in [2.75, 3.05) is 16.6 Å². The zero-order valence-corrected chi connectivity index (χ0v) is 19.3. The Morgan fingerprint density at radius 2 is 1.69 bits per heavy atom. The molecule has 2 aromatic carbocycles. The second-order valence-electron chi connectivity index (χ2n) is 6.63. The SMILES string of the molecule is CCCCOc1c(Cl)cc(C(=O)Nc2ccc(S(=O)(=O)Nc3ncccn3)cc2)cc1Cl. The van der Waals surface area contributed by atoms with Crippen LogP contribution >= 0.6 is 23.2 Å². The van der Waals surface area contributed by atoms with E-state index in [9.17, 15) is 13.2 Å². The summed E-state index contributed by atoms with van der Waals surface area (Å²) < 4.78 is 32.7. The van der Waals surface area contributed by atoms with Gasteiger partial charge in [-0.15, -0.1) is 0 Å². The van der Waals surface area contributed by atoms with Gasteiger partial charge in [0.05, 0.1) is 21.5 Å². The summed E-state index contributed by atoms with van der Waals surface area (Å²) in [6.45, 7) is 2.51. The van der Waals surface area contributed by atoms with Crippen LogP contribution in [0.3, 0.4) is 0 Å². The van der Waals surface area contributed by atoms with Gasteiger partial charge in [0.15, 0.2) is 5.75 Å². The molecule has 0 spiro atoms. The molecule has 0 fully saturated rings. The Hall–Kier alpha value is -2.88. The highest BCUT2D eigenvalue weighted by Crippen LogP contribution is 2.34. The van der Waals surface area contributed by atoms with E-state index in [-0.39, 0.29) is 26.5 Å². The van der Waals surface area contributed by atoms with Gasteiger partial charge in [-0.05, 0) is 48.9 Å². The van der Waals surface area contributed by atoms with Crippen LogP contribution in [0.1, 0.15) is 30.1 Å². The van der Waals surface area contributed by atoms with Crippen LogP contribution in [0.2, 0.25) is 10.0 Å². The maximum atomic E-state index is 12.6. The molecule has 0 atom stereocenters. The molecule has 0 radical (unpaired) electrons. The summed E-state index contributed by atoms with van der Waals surface area (Å²) in [5, 5.41) is 3.14. The van der Waals surface area contributed by atoms with Gasteiger partial charge in [0.1, 0.15) is 0 Å². The first-order valence-electron chi connectivity index (χ1n) is 9.63. The highest BCUT2D eigenvalue weighted by molar-refractivity contribution is 7.92. The lowest BCUT2D eigenvalue weighted by molar-refractivity contribution is 0.102. The van der Waals surface area contributed by atoms with E-state index in [2.05, 4.69) is 20.0 Å². The van der Waals surface area contributed by atoms with Crippen molar-refractivity contribution in [2.24, 2.45) is 0 Å². The number of benzene rings is 2. The third kappa shape index (κ3) is 6.09. The van der Waals surface area contributed by atoms with Crippen LogP contribution in [0, 0.1) is 0 Å². The van der Waals surface area contributed by atoms with Crippen LogP contribution in [0.15, 0.2) is 59.8 Å². The largest absolute Gasteiger partial charge is 0.490 e. The molecular formula is C21H20Cl2N4O4S. The van der Waals surface area contributed by atoms with Crippen LogP contribution in [0.25, 0.3) is 0 Å². The maximum Gasteiger partial charge on any atom is 0.264 e. The number of ether oxygens (including phenoxy) is 1. The monoisotopic (exact) mass is 494 g/mol. The van der Waals surface area contributed by atoms with E-state index in [1.165, 1.54) is 48.8 Å². The lowest BCUT2D eigenvalue weighted by Crippen LogP contribution is -2.15. The topological polar surface area (TPSA) is 110 Å². The molecule has 32 heavy (non-hydrogen) atoms. The van der Waals surface area contributed by atoms with Crippen LogP contribution in [-0.4, -0.2) is 30.9 Å². The minimum atomic E-state index is -3.87. The molecule has 0 aliphatic rings. The zero-order valence-electron chi connectivity index (χ0n) is 17.0. The summed E-state index contributed by atoms with van der Waals surface area (Å²) in [5.74, 6) is -0.163. The van der Waals surface area contributed by atoms with E-state index in [1.54, 1.807) is 6.07 Å². The standard InChI is InChI=1S/C21H20Cl2N4O4S/c1-2-3-11-31-19-17(22)12-14(13-18(19)23)20(28)26-15-5-7-16(8-6-15)32(29,30)27-21-24-9-4-10-25-21/h4-10,12-13H,2-3,11H2,1H3,(H,26,28)(H,24,25,27). The number of amides is 1. The number of carbonyl (C=O) groups is 1. The van der Waals surface area contributed by atoms with Crippen molar-refractivity contribution in [3.63, 3.8) is 0 Å². The van der Waals surface area contributed by atoms with E-state index < -0.39 is 15.9 Å². The molecule has 3 aromatic rings. The van der Waals surface area contributed by atoms with Crippen molar-refractivity contribution < 1.29 is 17.9 Å². The van der Waals surface area contributed by atoms with Gasteiger partial charge in [-0.1, -0.05) is 36.5 Å². The van der Waals surface area contributed by atoms with Crippen molar-refractivity contribution in [1.82, 2.24) is 9.97 Å². The molecule has 1 heterocycles. The molecule has 3 rings (SSSR count). The van der Waals surface area contributed by atoms with E-state index >= 15 is 0 Å². The first-order chi connectivity index (χ1) is 15.3. The molecule has 1 aromatic heterocycles. The van der Waals surface area contributed by atoms with Gasteiger partial charge in [-0.3, -0.25) is 4.79 Å². The fraction of sp³-hybridized carbons (Fsp3) is 0.190. The quantitative estimate of drug-likeness (QED) is 0.404. The molecule has 2 N–H and O–H groups in total. The fourth-order valence-corrected chi connectivity index (χ4v) is 4.15. The zero-order chi connectivity index (χ0) is 23.1. The molecule has 8 nitrogen and oxygen atoms in total. The molecule has 168 valence electrons. The van der Waals surface area contributed by atoms with Crippen LogP contribution in [0.4, 0.5) is 11.6 Å². The smallest absolute Gasteiger partial charge is 0.264 e. The highest BCUT2D eigenvalue weighted by Gasteiger charge is 2.17. The summed E-state index contributed by atoms with van der Waals surface area (Å²) >= 11 is 12.4. The Labute approximate surface area is 196 Å². The summed E-state index contributed by atoms with van der Waals surface area (Å²) in [6.07, 6.45) is 4.66. The number of unbranched alkanes of at least 4 members (excludes halogenated alkanes) is 1. The molecule has 0 bridgehead atoms. The second kappa shape index (κ2) is 10.6. The normalized spacial score (nSPS) is 11.1. The third-order valence-electron chi connectivity index (χ3n) is 4.22. The van der Waals surface area contributed by atoms with Crippen LogP contribution in [0.5, 0.6) is 5.75 Å². The summed E-state index contributed by atoms with van der Waals surface area (Å²) in [4.78, 5) is 20.2. The number of anilines is 2. The molecule has 0 saturated heterocycles. The number of halogens is 2. The van der Waals surface area contributed by atoms with Crippen molar-refractivity contribution >= 4 is 50.8 Å². The van der Waals surface area contributed by atoms with Crippen LogP contribution in [-0.2, 0) is 10.0 Å². The molecule has 0 aliphatic carbocycles. The number of carbonyl (C=O) groups excluding carboxylic acids is 1. The fourth-order valence-electron chi connectivity index (χ4n) is 2.60. The number of hydrogen-bond acceptors (Lipinski definition) is 6. The third-order valence-corrected chi connectivity index (χ3v) is 6.12. The minimum Gasteiger partial charge on any atom is -0.490 e. The summed E-state index contributed by atoms with van der Waals surface area (Å²) in [7, 11) is -3.87. The van der Waals surface area contributed by atoms with Crippen molar-refractivity contribution in [2.45, 2.75) is 24.7 Å². The summed E-state index contributed by atoms with van der Waals surface area (Å²) in [5.41, 5.74) is 0.628. The first kappa shape index (κ1) is 23.8. The average Bonchev–Trinajstić information content (AvgIpc) is 2.76. The number of hydrogen-bond donors (Lipinski definition) is 2. The first-order valence-corrected chi connectivity index (χ1v) is 11.9. The minimum absolute atomic E-state index is 0.0115. The van der Waals surface area contributed by atoms with Crippen molar-refractivity contribution in [3.05, 3.63) is 70.5 Å². The predicted octanol–water partition coefficient (Wildman–Crippen LogP) is 5.02. The molecule has 0 saturated carbocycles. The lowest BCUT2D eigenvalue weighted by Gasteiger charge is -2.12. The maximum absolute atomic E-state index is 12.6. The van der Waals surface area contributed by atoms with Gasteiger partial charge in [0.25, 0.3) is 15.9 Å². The number of nitrogens with zero attached hydrogens (tertiary/aromatic N) is 2. The Morgan fingerprint density at radius 3 is 2.28 bits per heavy atom. The van der Waals surface area contributed by atoms with Gasteiger partial charge < -0.3 is 10.1 Å². The summed E-state index contributed by atoms with van der Waals surface area (Å²) in [6, 6.07) is 10.1. The van der Waals surface area contributed by atoms with Gasteiger partial charge in [-0.25, -0.2) is 23.1 Å². The van der Waals surface area contributed by atoms with Gasteiger partial charge in [-0.2, -0.15) is 0 Å². The lowest BCUT2D eigenvalue weighted by atomic mass is 10.2. The number of rotatable bonds is 9. The van der Waals surface area contributed by atoms with Gasteiger partial charge >= 0.3 is 0 Å². The predicted molar refractivity (Wildman–Crippen MR) is 124 cm³/mol. The van der Waals surface area contributed by atoms with Gasteiger partial charge in [0.2, 0.25) is 5.95 Å². The Balaban J connectivity index is 1.69. The second-order valence-corrected chi connectivity index (χ2v) is 9.12. The Morgan fingerprint density at radius 1 is 1.06 bits per heavy atom. The highest BCUT2D eigenvalue weighted by atomic mass is 35.5. The van der Waals surface area contributed by atoms with E-state index in [0.717, 1.165) is 12.8 Å². The number of aromatic nitrogens is 2. The molecule has 0 unspecified atom stereocenters. The molecule has 0 aliphatic heterocycles.